The van der Waals surface area contributed by atoms with E-state index >= 15 is 0 Å². The lowest BCUT2D eigenvalue weighted by atomic mass is 10.1. The monoisotopic (exact) mass is 265 g/mol. The first-order chi connectivity index (χ1) is 8.70. The van der Waals surface area contributed by atoms with E-state index in [2.05, 4.69) is 22.2 Å². The average Bonchev–Trinajstić information content (AvgIpc) is 2.40. The molecule has 0 aliphatic heterocycles. The molecule has 3 nitrogen and oxygen atoms in total. The van der Waals surface area contributed by atoms with Gasteiger partial charge in [-0.05, 0) is 24.6 Å². The number of halogens is 2. The quantitative estimate of drug-likeness (QED) is 0.915. The molecule has 2 aromatic rings. The van der Waals surface area contributed by atoms with Crippen LogP contribution in [0.1, 0.15) is 13.3 Å². The molecule has 94 valence electrons. The third kappa shape index (κ3) is 2.96. The standard InChI is InChI=1S/C13H13ClFN3/c1-2-5-17-13-8-16-7-12(18-13)9-3-4-11(15)10(14)6-9/h3-4,6-8H,2,5H2,1H3,(H,17,18). The summed E-state index contributed by atoms with van der Waals surface area (Å²) in [6.45, 7) is 2.91. The van der Waals surface area contributed by atoms with E-state index in [-0.39, 0.29) is 5.02 Å². The third-order valence-electron chi connectivity index (χ3n) is 2.41. The van der Waals surface area contributed by atoms with Gasteiger partial charge in [0.2, 0.25) is 0 Å². The molecule has 1 aromatic carbocycles. The maximum absolute atomic E-state index is 13.1. The molecule has 0 fully saturated rings. The van der Waals surface area contributed by atoms with E-state index < -0.39 is 5.82 Å². The molecule has 0 spiro atoms. The van der Waals surface area contributed by atoms with E-state index in [1.165, 1.54) is 6.07 Å². The normalized spacial score (nSPS) is 10.4. The zero-order valence-corrected chi connectivity index (χ0v) is 10.7. The predicted octanol–water partition coefficient (Wildman–Crippen LogP) is 3.76. The van der Waals surface area contributed by atoms with Gasteiger partial charge < -0.3 is 5.32 Å². The SMILES string of the molecule is CCCNc1cncc(-c2ccc(F)c(Cl)c2)n1. The summed E-state index contributed by atoms with van der Waals surface area (Å²) in [6, 6.07) is 4.50. The fourth-order valence-electron chi connectivity index (χ4n) is 1.50. The highest BCUT2D eigenvalue weighted by Gasteiger charge is 2.05. The Bertz CT molecular complexity index is 546. The molecule has 0 atom stereocenters. The number of anilines is 1. The minimum Gasteiger partial charge on any atom is -0.369 e. The maximum Gasteiger partial charge on any atom is 0.145 e. The summed E-state index contributed by atoms with van der Waals surface area (Å²) < 4.78 is 13.1. The molecule has 0 aliphatic carbocycles. The molecule has 5 heteroatoms. The summed E-state index contributed by atoms with van der Waals surface area (Å²) >= 11 is 5.75. The summed E-state index contributed by atoms with van der Waals surface area (Å²) in [6.07, 6.45) is 4.29. The summed E-state index contributed by atoms with van der Waals surface area (Å²) in [5.74, 6) is 0.267. The van der Waals surface area contributed by atoms with Crippen LogP contribution in [0.25, 0.3) is 11.3 Å². The van der Waals surface area contributed by atoms with Crippen molar-refractivity contribution < 1.29 is 4.39 Å². The molecule has 0 saturated carbocycles. The van der Waals surface area contributed by atoms with E-state index in [1.54, 1.807) is 24.5 Å². The third-order valence-corrected chi connectivity index (χ3v) is 2.70. The van der Waals surface area contributed by atoms with Crippen LogP contribution in [0.4, 0.5) is 10.2 Å². The Labute approximate surface area is 110 Å². The Morgan fingerprint density at radius 3 is 2.89 bits per heavy atom. The van der Waals surface area contributed by atoms with Crippen LogP contribution in [-0.4, -0.2) is 16.5 Å². The first kappa shape index (κ1) is 12.8. The largest absolute Gasteiger partial charge is 0.369 e. The van der Waals surface area contributed by atoms with Gasteiger partial charge >= 0.3 is 0 Å². The van der Waals surface area contributed by atoms with Crippen molar-refractivity contribution >= 4 is 17.4 Å². The van der Waals surface area contributed by atoms with E-state index in [9.17, 15) is 4.39 Å². The summed E-state index contributed by atoms with van der Waals surface area (Å²) in [4.78, 5) is 8.50. The number of hydrogen-bond acceptors (Lipinski definition) is 3. The second-order valence-corrected chi connectivity index (χ2v) is 4.25. The zero-order valence-electron chi connectivity index (χ0n) is 9.95. The summed E-state index contributed by atoms with van der Waals surface area (Å²) in [7, 11) is 0. The lowest BCUT2D eigenvalue weighted by Crippen LogP contribution is -2.02. The zero-order chi connectivity index (χ0) is 13.0. The van der Waals surface area contributed by atoms with Crippen LogP contribution in [0.15, 0.2) is 30.6 Å². The molecular formula is C13H13ClFN3. The van der Waals surface area contributed by atoms with Crippen molar-refractivity contribution in [1.29, 1.82) is 0 Å². The predicted molar refractivity (Wildman–Crippen MR) is 71.2 cm³/mol. The lowest BCUT2D eigenvalue weighted by molar-refractivity contribution is 0.628. The second-order valence-electron chi connectivity index (χ2n) is 3.85. The Morgan fingerprint density at radius 1 is 1.33 bits per heavy atom. The number of aromatic nitrogens is 2. The van der Waals surface area contributed by atoms with Crippen LogP contribution in [0.5, 0.6) is 0 Å². The van der Waals surface area contributed by atoms with E-state index in [1.807, 2.05) is 0 Å². The highest BCUT2D eigenvalue weighted by molar-refractivity contribution is 6.31. The molecule has 2 rings (SSSR count). The maximum atomic E-state index is 13.1. The molecule has 0 aliphatic rings. The summed E-state index contributed by atoms with van der Waals surface area (Å²) in [5.41, 5.74) is 1.41. The van der Waals surface area contributed by atoms with Gasteiger partial charge in [-0.1, -0.05) is 18.5 Å². The van der Waals surface area contributed by atoms with Crippen molar-refractivity contribution in [1.82, 2.24) is 9.97 Å². The van der Waals surface area contributed by atoms with Gasteiger partial charge in [0, 0.05) is 12.1 Å². The van der Waals surface area contributed by atoms with Crippen LogP contribution in [-0.2, 0) is 0 Å². The van der Waals surface area contributed by atoms with Gasteiger partial charge in [-0.3, -0.25) is 4.98 Å². The molecule has 1 N–H and O–H groups in total. The van der Waals surface area contributed by atoms with E-state index in [0.717, 1.165) is 18.5 Å². The highest BCUT2D eigenvalue weighted by Crippen LogP contribution is 2.23. The van der Waals surface area contributed by atoms with E-state index in [4.69, 9.17) is 11.6 Å². The molecule has 1 heterocycles. The number of hydrogen-bond donors (Lipinski definition) is 1. The molecule has 0 unspecified atom stereocenters. The number of benzene rings is 1. The second kappa shape index (κ2) is 5.78. The topological polar surface area (TPSA) is 37.8 Å². The van der Waals surface area contributed by atoms with Gasteiger partial charge in [0.25, 0.3) is 0 Å². The molecule has 0 radical (unpaired) electrons. The Balaban J connectivity index is 2.29. The van der Waals surface area contributed by atoms with Crippen molar-refractivity contribution in [2.45, 2.75) is 13.3 Å². The molecule has 0 amide bonds. The lowest BCUT2D eigenvalue weighted by Gasteiger charge is -2.06. The van der Waals surface area contributed by atoms with Crippen LogP contribution >= 0.6 is 11.6 Å². The van der Waals surface area contributed by atoms with Gasteiger partial charge in [0.1, 0.15) is 11.6 Å². The van der Waals surface area contributed by atoms with Crippen LogP contribution in [0.2, 0.25) is 5.02 Å². The van der Waals surface area contributed by atoms with Gasteiger partial charge in [-0.25, -0.2) is 9.37 Å². The summed E-state index contributed by atoms with van der Waals surface area (Å²) in [5, 5.41) is 3.23. The first-order valence-electron chi connectivity index (χ1n) is 5.72. The van der Waals surface area contributed by atoms with Gasteiger partial charge in [0.05, 0.1) is 23.1 Å². The Hall–Kier alpha value is -1.68. The Kier molecular flexibility index (Phi) is 4.10. The van der Waals surface area contributed by atoms with Crippen molar-refractivity contribution in [3.63, 3.8) is 0 Å². The smallest absolute Gasteiger partial charge is 0.145 e. The number of rotatable bonds is 4. The molecule has 18 heavy (non-hydrogen) atoms. The van der Waals surface area contributed by atoms with Crippen molar-refractivity contribution in [2.75, 3.05) is 11.9 Å². The van der Waals surface area contributed by atoms with Crippen LogP contribution < -0.4 is 5.32 Å². The minimum atomic E-state index is -0.436. The highest BCUT2D eigenvalue weighted by atomic mass is 35.5. The molecule has 1 aromatic heterocycles. The molecular weight excluding hydrogens is 253 g/mol. The van der Waals surface area contributed by atoms with Crippen LogP contribution in [0, 0.1) is 5.82 Å². The fourth-order valence-corrected chi connectivity index (χ4v) is 1.68. The number of nitrogens with one attached hydrogen (secondary N) is 1. The molecule has 0 saturated heterocycles. The van der Waals surface area contributed by atoms with E-state index in [0.29, 0.717) is 11.5 Å². The minimum absolute atomic E-state index is 0.0845. The van der Waals surface area contributed by atoms with Gasteiger partial charge in [-0.2, -0.15) is 0 Å². The van der Waals surface area contributed by atoms with Crippen molar-refractivity contribution in [2.24, 2.45) is 0 Å². The van der Waals surface area contributed by atoms with Gasteiger partial charge in [-0.15, -0.1) is 0 Å². The number of nitrogens with zero attached hydrogens (tertiary/aromatic N) is 2. The van der Waals surface area contributed by atoms with Crippen molar-refractivity contribution in [3.8, 4) is 11.3 Å². The van der Waals surface area contributed by atoms with Crippen LogP contribution in [0.3, 0.4) is 0 Å². The van der Waals surface area contributed by atoms with Crippen molar-refractivity contribution in [3.05, 3.63) is 41.4 Å². The Morgan fingerprint density at radius 2 is 2.17 bits per heavy atom. The first-order valence-corrected chi connectivity index (χ1v) is 6.10. The average molecular weight is 266 g/mol. The fraction of sp³-hybridized carbons (Fsp3) is 0.231. The van der Waals surface area contributed by atoms with Gasteiger partial charge in [0.15, 0.2) is 0 Å². The molecule has 0 bridgehead atoms.